The van der Waals surface area contributed by atoms with Crippen molar-refractivity contribution in [1.82, 2.24) is 0 Å². The monoisotopic (exact) mass is 304 g/mol. The number of ether oxygens (including phenoxy) is 2. The van der Waals surface area contributed by atoms with Crippen molar-refractivity contribution < 1.29 is 9.47 Å². The molecule has 23 heavy (non-hydrogen) atoms. The summed E-state index contributed by atoms with van der Waals surface area (Å²) in [6, 6.07) is 21.9. The van der Waals surface area contributed by atoms with Crippen LogP contribution >= 0.6 is 0 Å². The third kappa shape index (κ3) is 3.72. The van der Waals surface area contributed by atoms with E-state index in [2.05, 4.69) is 13.8 Å². The van der Waals surface area contributed by atoms with Crippen molar-refractivity contribution in [2.24, 2.45) is 0 Å². The van der Waals surface area contributed by atoms with Crippen LogP contribution in [0.4, 0.5) is 0 Å². The van der Waals surface area contributed by atoms with E-state index in [-0.39, 0.29) is 0 Å². The molecule has 0 heterocycles. The molecule has 0 fully saturated rings. The van der Waals surface area contributed by atoms with Crippen LogP contribution in [0.5, 0.6) is 23.0 Å². The molecule has 0 saturated heterocycles. The van der Waals surface area contributed by atoms with E-state index in [9.17, 15) is 0 Å². The first-order valence-corrected chi connectivity index (χ1v) is 7.70. The molecule has 0 bridgehead atoms. The first kappa shape index (κ1) is 15.2. The molecule has 0 saturated carbocycles. The fourth-order valence-corrected chi connectivity index (χ4v) is 2.28. The van der Waals surface area contributed by atoms with Crippen molar-refractivity contribution in [3.8, 4) is 23.0 Å². The topological polar surface area (TPSA) is 18.5 Å². The second-order valence-electron chi connectivity index (χ2n) is 5.71. The van der Waals surface area contributed by atoms with Gasteiger partial charge in [-0.05, 0) is 57.2 Å². The number of aryl methyl sites for hydroxylation is 2. The lowest BCUT2D eigenvalue weighted by molar-refractivity contribution is 0.453. The fraction of sp³-hybridized carbons (Fsp3) is 0.143. The highest BCUT2D eigenvalue weighted by Crippen LogP contribution is 2.33. The Bertz CT molecular complexity index is 721. The van der Waals surface area contributed by atoms with Crippen LogP contribution in [0.15, 0.2) is 66.7 Å². The van der Waals surface area contributed by atoms with E-state index in [4.69, 9.17) is 9.47 Å². The Morgan fingerprint density at radius 3 is 1.30 bits per heavy atom. The summed E-state index contributed by atoms with van der Waals surface area (Å²) in [6.45, 7) is 6.13. The Balaban J connectivity index is 1.83. The molecule has 0 radical (unpaired) electrons. The summed E-state index contributed by atoms with van der Waals surface area (Å²) in [4.78, 5) is 0. The third-order valence-corrected chi connectivity index (χ3v) is 3.73. The molecular weight excluding hydrogens is 284 g/mol. The summed E-state index contributed by atoms with van der Waals surface area (Å²) in [6.07, 6.45) is 0. The second kappa shape index (κ2) is 6.57. The van der Waals surface area contributed by atoms with Gasteiger partial charge >= 0.3 is 0 Å². The lowest BCUT2D eigenvalue weighted by atomic mass is 10.2. The Hall–Kier alpha value is -2.74. The van der Waals surface area contributed by atoms with Gasteiger partial charge in [-0.3, -0.25) is 0 Å². The van der Waals surface area contributed by atoms with Crippen LogP contribution in [-0.4, -0.2) is 0 Å². The fourth-order valence-electron chi connectivity index (χ4n) is 2.28. The summed E-state index contributed by atoms with van der Waals surface area (Å²) in [7, 11) is 0. The van der Waals surface area contributed by atoms with Crippen LogP contribution in [-0.2, 0) is 0 Å². The lowest BCUT2D eigenvalue weighted by Crippen LogP contribution is -1.92. The number of benzene rings is 3. The average molecular weight is 304 g/mol. The third-order valence-electron chi connectivity index (χ3n) is 3.73. The van der Waals surface area contributed by atoms with E-state index in [1.165, 1.54) is 11.1 Å². The van der Waals surface area contributed by atoms with Crippen molar-refractivity contribution in [3.05, 3.63) is 83.4 Å². The Kier molecular flexibility index (Phi) is 4.33. The summed E-state index contributed by atoms with van der Waals surface area (Å²) < 4.78 is 12.0. The highest BCUT2D eigenvalue weighted by atomic mass is 16.5. The smallest absolute Gasteiger partial charge is 0.134 e. The summed E-state index contributed by atoms with van der Waals surface area (Å²) >= 11 is 0. The van der Waals surface area contributed by atoms with Gasteiger partial charge in [0.1, 0.15) is 23.0 Å². The molecular formula is C21H20O2. The normalized spacial score (nSPS) is 10.4. The van der Waals surface area contributed by atoms with Gasteiger partial charge in [0.15, 0.2) is 0 Å². The number of rotatable bonds is 4. The lowest BCUT2D eigenvalue weighted by Gasteiger charge is -2.13. The Morgan fingerprint density at radius 2 is 0.913 bits per heavy atom. The van der Waals surface area contributed by atoms with E-state index in [0.717, 1.165) is 28.6 Å². The van der Waals surface area contributed by atoms with Gasteiger partial charge in [0.25, 0.3) is 0 Å². The van der Waals surface area contributed by atoms with Crippen LogP contribution in [0.3, 0.4) is 0 Å². The SMILES string of the molecule is Cc1ccc(Oc2cccc(Oc3ccc(C)cc3)c2C)cc1. The Labute approximate surface area is 137 Å². The van der Waals surface area contributed by atoms with E-state index in [1.54, 1.807) is 0 Å². The van der Waals surface area contributed by atoms with E-state index in [0.29, 0.717) is 0 Å². The highest BCUT2D eigenvalue weighted by molar-refractivity contribution is 5.47. The maximum atomic E-state index is 5.98. The molecule has 0 aromatic heterocycles. The van der Waals surface area contributed by atoms with E-state index in [1.807, 2.05) is 73.7 Å². The van der Waals surface area contributed by atoms with Gasteiger partial charge in [0, 0.05) is 5.56 Å². The molecule has 3 aromatic carbocycles. The standard InChI is InChI=1S/C21H20O2/c1-15-7-11-18(12-8-15)22-20-5-4-6-21(17(20)3)23-19-13-9-16(2)10-14-19/h4-14H,1-3H3. The maximum absolute atomic E-state index is 5.98. The molecule has 0 atom stereocenters. The van der Waals surface area contributed by atoms with Crippen LogP contribution in [0.2, 0.25) is 0 Å². The molecule has 0 aliphatic carbocycles. The zero-order valence-corrected chi connectivity index (χ0v) is 13.7. The van der Waals surface area contributed by atoms with Gasteiger partial charge in [-0.2, -0.15) is 0 Å². The van der Waals surface area contributed by atoms with Crippen LogP contribution < -0.4 is 9.47 Å². The number of hydrogen-bond acceptors (Lipinski definition) is 2. The minimum absolute atomic E-state index is 0.804. The molecule has 0 aliphatic rings. The van der Waals surface area contributed by atoms with Crippen LogP contribution in [0.1, 0.15) is 16.7 Å². The van der Waals surface area contributed by atoms with E-state index < -0.39 is 0 Å². The summed E-state index contributed by atoms with van der Waals surface area (Å²) in [5.41, 5.74) is 3.41. The molecule has 116 valence electrons. The van der Waals surface area contributed by atoms with E-state index >= 15 is 0 Å². The minimum atomic E-state index is 0.804. The van der Waals surface area contributed by atoms with Crippen molar-refractivity contribution >= 4 is 0 Å². The zero-order valence-electron chi connectivity index (χ0n) is 13.7. The van der Waals surface area contributed by atoms with Crippen molar-refractivity contribution in [2.45, 2.75) is 20.8 Å². The second-order valence-corrected chi connectivity index (χ2v) is 5.71. The molecule has 0 aliphatic heterocycles. The molecule has 0 N–H and O–H groups in total. The highest BCUT2D eigenvalue weighted by Gasteiger charge is 2.08. The van der Waals surface area contributed by atoms with Crippen molar-refractivity contribution in [3.63, 3.8) is 0 Å². The molecule has 3 aromatic rings. The minimum Gasteiger partial charge on any atom is -0.457 e. The van der Waals surface area contributed by atoms with Crippen LogP contribution in [0.25, 0.3) is 0 Å². The average Bonchev–Trinajstić information content (AvgIpc) is 2.55. The maximum Gasteiger partial charge on any atom is 0.134 e. The van der Waals surface area contributed by atoms with Gasteiger partial charge in [0.05, 0.1) is 0 Å². The van der Waals surface area contributed by atoms with Gasteiger partial charge in [-0.25, -0.2) is 0 Å². The first-order valence-electron chi connectivity index (χ1n) is 7.70. The van der Waals surface area contributed by atoms with Gasteiger partial charge in [0.2, 0.25) is 0 Å². The first-order chi connectivity index (χ1) is 11.1. The van der Waals surface area contributed by atoms with Gasteiger partial charge in [-0.15, -0.1) is 0 Å². The zero-order chi connectivity index (χ0) is 16.2. The molecule has 0 amide bonds. The van der Waals surface area contributed by atoms with Gasteiger partial charge < -0.3 is 9.47 Å². The van der Waals surface area contributed by atoms with Crippen LogP contribution in [0, 0.1) is 20.8 Å². The van der Waals surface area contributed by atoms with Crippen molar-refractivity contribution in [2.75, 3.05) is 0 Å². The summed E-state index contributed by atoms with van der Waals surface area (Å²) in [5.74, 6) is 3.26. The molecule has 0 unspecified atom stereocenters. The molecule has 0 spiro atoms. The predicted molar refractivity (Wildman–Crippen MR) is 93.7 cm³/mol. The predicted octanol–water partition coefficient (Wildman–Crippen LogP) is 6.20. The molecule has 2 heteroatoms. The molecule has 2 nitrogen and oxygen atoms in total. The molecule has 3 rings (SSSR count). The van der Waals surface area contributed by atoms with Gasteiger partial charge in [-0.1, -0.05) is 41.5 Å². The largest absolute Gasteiger partial charge is 0.457 e. The quantitative estimate of drug-likeness (QED) is 0.571. The number of hydrogen-bond donors (Lipinski definition) is 0. The Morgan fingerprint density at radius 1 is 0.522 bits per heavy atom. The summed E-state index contributed by atoms with van der Waals surface area (Å²) in [5, 5.41) is 0. The van der Waals surface area contributed by atoms with Crippen molar-refractivity contribution in [1.29, 1.82) is 0 Å².